The number of benzene rings is 1. The van der Waals surface area contributed by atoms with Gasteiger partial charge in [-0.25, -0.2) is 0 Å². The second-order valence-electron chi connectivity index (χ2n) is 4.37. The van der Waals surface area contributed by atoms with Crippen molar-refractivity contribution in [3.05, 3.63) is 23.8 Å². The van der Waals surface area contributed by atoms with Gasteiger partial charge >= 0.3 is 0 Å². The lowest BCUT2D eigenvalue weighted by Gasteiger charge is -2.18. The lowest BCUT2D eigenvalue weighted by Crippen LogP contribution is -2.38. The first-order chi connectivity index (χ1) is 9.12. The Morgan fingerprint density at radius 3 is 2.68 bits per heavy atom. The van der Waals surface area contributed by atoms with Crippen molar-refractivity contribution >= 4 is 11.6 Å². The Morgan fingerprint density at radius 1 is 1.42 bits per heavy atom. The SMILES string of the molecule is CCCC(COC)NC(=O)c1ccc(OC)cc1N. The third-order valence-corrected chi connectivity index (χ3v) is 2.84. The van der Waals surface area contributed by atoms with E-state index in [0.29, 0.717) is 23.6 Å². The van der Waals surface area contributed by atoms with E-state index in [1.54, 1.807) is 32.4 Å². The Hall–Kier alpha value is -1.75. The van der Waals surface area contributed by atoms with Gasteiger partial charge in [0.05, 0.1) is 25.3 Å². The first-order valence-corrected chi connectivity index (χ1v) is 6.35. The van der Waals surface area contributed by atoms with Crippen LogP contribution in [-0.2, 0) is 4.74 Å². The highest BCUT2D eigenvalue weighted by Gasteiger charge is 2.15. The summed E-state index contributed by atoms with van der Waals surface area (Å²) in [6.45, 7) is 2.56. The average molecular weight is 266 g/mol. The van der Waals surface area contributed by atoms with Gasteiger partial charge in [-0.15, -0.1) is 0 Å². The van der Waals surface area contributed by atoms with Crippen molar-refractivity contribution in [1.82, 2.24) is 5.32 Å². The molecule has 0 saturated heterocycles. The van der Waals surface area contributed by atoms with Crippen LogP contribution in [0, 0.1) is 0 Å². The highest BCUT2D eigenvalue weighted by atomic mass is 16.5. The molecule has 0 radical (unpaired) electrons. The van der Waals surface area contributed by atoms with Crippen LogP contribution < -0.4 is 15.8 Å². The first-order valence-electron chi connectivity index (χ1n) is 6.35. The Balaban J connectivity index is 2.76. The Bertz CT molecular complexity index is 415. The maximum absolute atomic E-state index is 12.1. The molecule has 5 heteroatoms. The smallest absolute Gasteiger partial charge is 0.253 e. The van der Waals surface area contributed by atoms with Crippen molar-refractivity contribution in [1.29, 1.82) is 0 Å². The molecule has 19 heavy (non-hydrogen) atoms. The second kappa shape index (κ2) is 7.63. The van der Waals surface area contributed by atoms with Gasteiger partial charge in [-0.3, -0.25) is 4.79 Å². The fraction of sp³-hybridized carbons (Fsp3) is 0.500. The highest BCUT2D eigenvalue weighted by Crippen LogP contribution is 2.19. The van der Waals surface area contributed by atoms with Gasteiger partial charge in [0, 0.05) is 18.9 Å². The third kappa shape index (κ3) is 4.44. The van der Waals surface area contributed by atoms with Gasteiger partial charge in [-0.2, -0.15) is 0 Å². The minimum atomic E-state index is -0.185. The molecule has 0 aliphatic rings. The van der Waals surface area contributed by atoms with E-state index in [0.717, 1.165) is 12.8 Å². The predicted molar refractivity (Wildman–Crippen MR) is 75.4 cm³/mol. The van der Waals surface area contributed by atoms with E-state index in [4.69, 9.17) is 15.2 Å². The number of nitrogens with one attached hydrogen (secondary N) is 1. The molecular weight excluding hydrogens is 244 g/mol. The summed E-state index contributed by atoms with van der Waals surface area (Å²) in [5.74, 6) is 0.451. The molecule has 0 aliphatic heterocycles. The highest BCUT2D eigenvalue weighted by molar-refractivity contribution is 5.99. The minimum absolute atomic E-state index is 0.00371. The Morgan fingerprint density at radius 2 is 2.16 bits per heavy atom. The molecule has 1 amide bonds. The summed E-state index contributed by atoms with van der Waals surface area (Å²) in [5, 5.41) is 2.93. The van der Waals surface area contributed by atoms with Crippen LogP contribution in [0.1, 0.15) is 30.1 Å². The number of carbonyl (C=O) groups excluding carboxylic acids is 1. The summed E-state index contributed by atoms with van der Waals surface area (Å²) in [5.41, 5.74) is 6.71. The fourth-order valence-electron chi connectivity index (χ4n) is 1.88. The molecule has 0 heterocycles. The van der Waals surface area contributed by atoms with Crippen molar-refractivity contribution in [2.75, 3.05) is 26.6 Å². The summed E-state index contributed by atoms with van der Waals surface area (Å²) in [6.07, 6.45) is 1.85. The van der Waals surface area contributed by atoms with Gasteiger partial charge in [0.15, 0.2) is 0 Å². The van der Waals surface area contributed by atoms with Crippen LogP contribution in [0.5, 0.6) is 5.75 Å². The third-order valence-electron chi connectivity index (χ3n) is 2.84. The first kappa shape index (κ1) is 15.3. The number of methoxy groups -OCH3 is 2. The van der Waals surface area contributed by atoms with Crippen LogP contribution in [0.2, 0.25) is 0 Å². The molecule has 1 rings (SSSR count). The summed E-state index contributed by atoms with van der Waals surface area (Å²) in [7, 11) is 3.18. The van der Waals surface area contributed by atoms with Gasteiger partial charge in [0.25, 0.3) is 5.91 Å². The molecule has 1 atom stereocenters. The summed E-state index contributed by atoms with van der Waals surface area (Å²) >= 11 is 0. The van der Waals surface area contributed by atoms with Gasteiger partial charge in [-0.1, -0.05) is 13.3 Å². The van der Waals surface area contributed by atoms with Gasteiger partial charge in [-0.05, 0) is 18.6 Å². The Kier molecular flexibility index (Phi) is 6.15. The number of amides is 1. The molecule has 5 nitrogen and oxygen atoms in total. The molecule has 1 aromatic carbocycles. The molecular formula is C14H22N2O3. The maximum atomic E-state index is 12.1. The number of anilines is 1. The normalized spacial score (nSPS) is 11.9. The van der Waals surface area contributed by atoms with E-state index in [9.17, 15) is 4.79 Å². The van der Waals surface area contributed by atoms with Gasteiger partial charge in [0.2, 0.25) is 0 Å². The molecule has 0 aliphatic carbocycles. The lowest BCUT2D eigenvalue weighted by molar-refractivity contribution is 0.0892. The van der Waals surface area contributed by atoms with E-state index in [-0.39, 0.29) is 11.9 Å². The van der Waals surface area contributed by atoms with Crippen LogP contribution in [0.4, 0.5) is 5.69 Å². The zero-order valence-corrected chi connectivity index (χ0v) is 11.7. The zero-order chi connectivity index (χ0) is 14.3. The molecule has 3 N–H and O–H groups in total. The number of rotatable bonds is 7. The molecule has 0 fully saturated rings. The Labute approximate surface area is 114 Å². The number of nitrogens with two attached hydrogens (primary N) is 1. The average Bonchev–Trinajstić information content (AvgIpc) is 2.38. The largest absolute Gasteiger partial charge is 0.497 e. The molecule has 0 aromatic heterocycles. The van der Waals surface area contributed by atoms with Crippen LogP contribution in [0.15, 0.2) is 18.2 Å². The quantitative estimate of drug-likeness (QED) is 0.738. The van der Waals surface area contributed by atoms with E-state index < -0.39 is 0 Å². The van der Waals surface area contributed by atoms with Crippen LogP contribution >= 0.6 is 0 Å². The number of ether oxygens (including phenoxy) is 2. The van der Waals surface area contributed by atoms with Crippen molar-refractivity contribution in [2.45, 2.75) is 25.8 Å². The minimum Gasteiger partial charge on any atom is -0.497 e. The van der Waals surface area contributed by atoms with E-state index in [2.05, 4.69) is 12.2 Å². The predicted octanol–water partition coefficient (Wildman–Crippen LogP) is 1.82. The van der Waals surface area contributed by atoms with Crippen molar-refractivity contribution < 1.29 is 14.3 Å². The number of hydrogen-bond donors (Lipinski definition) is 2. The van der Waals surface area contributed by atoms with Crippen molar-refractivity contribution in [3.8, 4) is 5.75 Å². The van der Waals surface area contributed by atoms with Crippen LogP contribution in [-0.4, -0.2) is 32.8 Å². The number of nitrogen functional groups attached to an aromatic ring is 1. The monoisotopic (exact) mass is 266 g/mol. The standard InChI is InChI=1S/C14H22N2O3/c1-4-5-10(9-18-2)16-14(17)12-7-6-11(19-3)8-13(12)15/h6-8,10H,4-5,9,15H2,1-3H3,(H,16,17). The lowest BCUT2D eigenvalue weighted by atomic mass is 10.1. The zero-order valence-electron chi connectivity index (χ0n) is 11.7. The summed E-state index contributed by atoms with van der Waals surface area (Å²) < 4.78 is 10.2. The molecule has 0 saturated carbocycles. The maximum Gasteiger partial charge on any atom is 0.253 e. The molecule has 1 aromatic rings. The van der Waals surface area contributed by atoms with Crippen molar-refractivity contribution in [2.24, 2.45) is 0 Å². The molecule has 0 bridgehead atoms. The molecule has 0 spiro atoms. The van der Waals surface area contributed by atoms with Crippen LogP contribution in [0.25, 0.3) is 0 Å². The van der Waals surface area contributed by atoms with Crippen LogP contribution in [0.3, 0.4) is 0 Å². The number of hydrogen-bond acceptors (Lipinski definition) is 4. The van der Waals surface area contributed by atoms with Gasteiger partial charge < -0.3 is 20.5 Å². The molecule has 1 unspecified atom stereocenters. The summed E-state index contributed by atoms with van der Waals surface area (Å²) in [4.78, 5) is 12.1. The van der Waals surface area contributed by atoms with Crippen molar-refractivity contribution in [3.63, 3.8) is 0 Å². The fourth-order valence-corrected chi connectivity index (χ4v) is 1.88. The van der Waals surface area contributed by atoms with E-state index in [1.165, 1.54) is 0 Å². The van der Waals surface area contributed by atoms with Gasteiger partial charge in [0.1, 0.15) is 5.75 Å². The molecule has 106 valence electrons. The summed E-state index contributed by atoms with van der Waals surface area (Å²) in [6, 6.07) is 5.03. The topological polar surface area (TPSA) is 73.6 Å². The van der Waals surface area contributed by atoms with E-state index >= 15 is 0 Å². The number of carbonyl (C=O) groups is 1. The second-order valence-corrected chi connectivity index (χ2v) is 4.37. The van der Waals surface area contributed by atoms with E-state index in [1.807, 2.05) is 0 Å².